The number of aldehydes is 1. The van der Waals surface area contributed by atoms with Gasteiger partial charge in [-0.3, -0.25) is 9.59 Å². The molecule has 0 radical (unpaired) electrons. The molecule has 0 saturated heterocycles. The zero-order valence-corrected chi connectivity index (χ0v) is 9.79. The van der Waals surface area contributed by atoms with Gasteiger partial charge in [0.05, 0.1) is 9.39 Å². The number of hydrogen-bond donors (Lipinski definition) is 2. The minimum atomic E-state index is -0.850. The lowest BCUT2D eigenvalue weighted by molar-refractivity contribution is -0.136. The molecule has 0 aliphatic heterocycles. The van der Waals surface area contributed by atoms with Crippen molar-refractivity contribution in [1.29, 1.82) is 0 Å². The number of carboxylic acids is 1. The first-order valence-corrected chi connectivity index (χ1v) is 5.18. The summed E-state index contributed by atoms with van der Waals surface area (Å²) in [5, 5.41) is 8.54. The number of aromatic nitrogens is 1. The summed E-state index contributed by atoms with van der Waals surface area (Å²) >= 11 is 2.09. The van der Waals surface area contributed by atoms with Gasteiger partial charge in [-0.15, -0.1) is 0 Å². The molecular formula is C9H10INO3. The lowest BCUT2D eigenvalue weighted by atomic mass is 10.1. The third kappa shape index (κ3) is 2.34. The maximum atomic E-state index is 10.7. The number of carbonyl (C=O) groups is 2. The Balaban J connectivity index is 2.93. The summed E-state index contributed by atoms with van der Waals surface area (Å²) in [5.41, 5.74) is 2.27. The monoisotopic (exact) mass is 307 g/mol. The van der Waals surface area contributed by atoms with Crippen molar-refractivity contribution < 1.29 is 14.7 Å². The number of carbonyl (C=O) groups excluding carboxylic acids is 1. The average Bonchev–Trinajstić information content (AvgIpc) is 2.40. The van der Waals surface area contributed by atoms with Gasteiger partial charge in [0.2, 0.25) is 0 Å². The normalized spacial score (nSPS) is 10.1. The zero-order chi connectivity index (χ0) is 10.7. The highest BCUT2D eigenvalue weighted by molar-refractivity contribution is 14.1. The van der Waals surface area contributed by atoms with Crippen LogP contribution in [0.25, 0.3) is 0 Å². The maximum absolute atomic E-state index is 10.7. The van der Waals surface area contributed by atoms with E-state index in [0.29, 0.717) is 12.1 Å². The van der Waals surface area contributed by atoms with Gasteiger partial charge in [0.15, 0.2) is 6.29 Å². The third-order valence-electron chi connectivity index (χ3n) is 2.06. The number of rotatable bonds is 4. The minimum absolute atomic E-state index is 0.0512. The fourth-order valence-electron chi connectivity index (χ4n) is 1.28. The Bertz CT molecular complexity index is 370. The van der Waals surface area contributed by atoms with Gasteiger partial charge in [0, 0.05) is 6.42 Å². The van der Waals surface area contributed by atoms with E-state index in [2.05, 4.69) is 27.6 Å². The van der Waals surface area contributed by atoms with Gasteiger partial charge >= 0.3 is 5.97 Å². The Morgan fingerprint density at radius 1 is 1.64 bits per heavy atom. The van der Waals surface area contributed by atoms with Crippen molar-refractivity contribution in [2.24, 2.45) is 0 Å². The Labute approximate surface area is 94.8 Å². The molecule has 0 spiro atoms. The van der Waals surface area contributed by atoms with Gasteiger partial charge < -0.3 is 10.1 Å². The van der Waals surface area contributed by atoms with Crippen LogP contribution in [-0.2, 0) is 11.2 Å². The van der Waals surface area contributed by atoms with Crippen LogP contribution >= 0.6 is 22.6 Å². The molecule has 0 saturated carbocycles. The first-order valence-electron chi connectivity index (χ1n) is 4.10. The Morgan fingerprint density at radius 2 is 2.29 bits per heavy atom. The van der Waals surface area contributed by atoms with Crippen molar-refractivity contribution in [1.82, 2.24) is 4.98 Å². The predicted octanol–water partition coefficient (Wildman–Crippen LogP) is 1.76. The van der Waals surface area contributed by atoms with Crippen LogP contribution in [-0.4, -0.2) is 22.3 Å². The number of aromatic amines is 1. The highest BCUT2D eigenvalue weighted by Gasteiger charge is 2.12. The molecule has 0 aliphatic carbocycles. The molecule has 0 bridgehead atoms. The van der Waals surface area contributed by atoms with E-state index in [1.165, 1.54) is 0 Å². The first kappa shape index (κ1) is 11.2. The summed E-state index contributed by atoms with van der Waals surface area (Å²) < 4.78 is 0.894. The second-order valence-electron chi connectivity index (χ2n) is 2.97. The van der Waals surface area contributed by atoms with E-state index >= 15 is 0 Å². The van der Waals surface area contributed by atoms with Crippen molar-refractivity contribution in [3.8, 4) is 0 Å². The van der Waals surface area contributed by atoms with Crippen LogP contribution in [0.15, 0.2) is 0 Å². The van der Waals surface area contributed by atoms with E-state index in [9.17, 15) is 9.59 Å². The Morgan fingerprint density at radius 3 is 2.79 bits per heavy atom. The van der Waals surface area contributed by atoms with Gasteiger partial charge in [-0.1, -0.05) is 0 Å². The summed E-state index contributed by atoms with van der Waals surface area (Å²) in [6, 6.07) is 0. The molecule has 0 aromatic carbocycles. The van der Waals surface area contributed by atoms with Crippen LogP contribution in [0.4, 0.5) is 0 Å². The molecule has 1 aromatic heterocycles. The number of halogens is 1. The second-order valence-corrected chi connectivity index (χ2v) is 4.05. The molecule has 76 valence electrons. The molecule has 0 fully saturated rings. The highest BCUT2D eigenvalue weighted by atomic mass is 127. The van der Waals surface area contributed by atoms with E-state index in [4.69, 9.17) is 5.11 Å². The third-order valence-corrected chi connectivity index (χ3v) is 3.14. The molecule has 1 aromatic rings. The van der Waals surface area contributed by atoms with Gasteiger partial charge in [-0.25, -0.2) is 0 Å². The molecule has 0 atom stereocenters. The zero-order valence-electron chi connectivity index (χ0n) is 7.63. The smallest absolute Gasteiger partial charge is 0.303 e. The summed E-state index contributed by atoms with van der Waals surface area (Å²) in [7, 11) is 0. The van der Waals surface area contributed by atoms with Crippen LogP contribution in [0.5, 0.6) is 0 Å². The summed E-state index contributed by atoms with van der Waals surface area (Å²) in [6.07, 6.45) is 1.18. The van der Waals surface area contributed by atoms with Crippen molar-refractivity contribution >= 4 is 34.8 Å². The molecule has 1 rings (SSSR count). The summed E-state index contributed by atoms with van der Waals surface area (Å²) in [6.45, 7) is 1.88. The molecule has 0 amide bonds. The lowest BCUT2D eigenvalue weighted by Gasteiger charge is -1.98. The van der Waals surface area contributed by atoms with Crippen molar-refractivity contribution in [3.05, 3.63) is 20.5 Å². The van der Waals surface area contributed by atoms with Crippen molar-refractivity contribution in [3.63, 3.8) is 0 Å². The number of hydrogen-bond acceptors (Lipinski definition) is 2. The number of aliphatic carboxylic acids is 1. The Kier molecular flexibility index (Phi) is 3.68. The Hall–Kier alpha value is -0.850. The molecule has 0 aliphatic rings. The molecular weight excluding hydrogens is 297 g/mol. The minimum Gasteiger partial charge on any atom is -0.481 e. The largest absolute Gasteiger partial charge is 0.481 e. The highest BCUT2D eigenvalue weighted by Crippen LogP contribution is 2.20. The predicted molar refractivity (Wildman–Crippen MR) is 59.6 cm³/mol. The van der Waals surface area contributed by atoms with Gasteiger partial charge in [-0.05, 0) is 47.1 Å². The molecule has 2 N–H and O–H groups in total. The summed E-state index contributed by atoms with van der Waals surface area (Å²) in [5.74, 6) is -0.850. The fourth-order valence-corrected chi connectivity index (χ4v) is 1.89. The number of carboxylic acid groups (broad SMARTS) is 1. The van der Waals surface area contributed by atoms with Crippen molar-refractivity contribution in [2.45, 2.75) is 19.8 Å². The van der Waals surface area contributed by atoms with Crippen LogP contribution in [0.3, 0.4) is 0 Å². The standard InChI is InChI=1S/C9H10INO3/c1-5-6(2-3-8(13)14)7(4-12)11-9(5)10/h4,11H,2-3H2,1H3,(H,13,14). The average molecular weight is 307 g/mol. The molecule has 14 heavy (non-hydrogen) atoms. The topological polar surface area (TPSA) is 70.2 Å². The van der Waals surface area contributed by atoms with Gasteiger partial charge in [-0.2, -0.15) is 0 Å². The van der Waals surface area contributed by atoms with Gasteiger partial charge in [0.25, 0.3) is 0 Å². The van der Waals surface area contributed by atoms with E-state index in [1.807, 2.05) is 6.92 Å². The van der Waals surface area contributed by atoms with Crippen LogP contribution < -0.4 is 0 Å². The number of H-pyrrole nitrogens is 1. The van der Waals surface area contributed by atoms with E-state index in [1.54, 1.807) is 0 Å². The van der Waals surface area contributed by atoms with Gasteiger partial charge in [0.1, 0.15) is 0 Å². The van der Waals surface area contributed by atoms with Crippen LogP contribution in [0.1, 0.15) is 28.0 Å². The molecule has 1 heterocycles. The van der Waals surface area contributed by atoms with Crippen LogP contribution in [0, 0.1) is 10.6 Å². The first-order chi connectivity index (χ1) is 6.56. The quantitative estimate of drug-likeness (QED) is 0.658. The number of nitrogens with one attached hydrogen (secondary N) is 1. The van der Waals surface area contributed by atoms with E-state index in [0.717, 1.165) is 21.1 Å². The SMILES string of the molecule is Cc1c(I)[nH]c(C=O)c1CCC(=O)O. The molecule has 5 heteroatoms. The molecule has 4 nitrogen and oxygen atoms in total. The fraction of sp³-hybridized carbons (Fsp3) is 0.333. The van der Waals surface area contributed by atoms with Crippen LogP contribution in [0.2, 0.25) is 0 Å². The lowest BCUT2D eigenvalue weighted by Crippen LogP contribution is -1.99. The van der Waals surface area contributed by atoms with E-state index < -0.39 is 5.97 Å². The van der Waals surface area contributed by atoms with Crippen molar-refractivity contribution in [2.75, 3.05) is 0 Å². The second kappa shape index (κ2) is 4.59. The molecule has 0 unspecified atom stereocenters. The maximum Gasteiger partial charge on any atom is 0.303 e. The van der Waals surface area contributed by atoms with E-state index in [-0.39, 0.29) is 6.42 Å². The summed E-state index contributed by atoms with van der Waals surface area (Å²) in [4.78, 5) is 24.0.